The molecule has 82 valence electrons. The van der Waals surface area contributed by atoms with Crippen molar-refractivity contribution in [3.63, 3.8) is 0 Å². The highest BCUT2D eigenvalue weighted by Gasteiger charge is 2.40. The van der Waals surface area contributed by atoms with Crippen molar-refractivity contribution in [1.82, 2.24) is 0 Å². The molecular formula is C11H12ClF2N. The van der Waals surface area contributed by atoms with E-state index >= 15 is 0 Å². The molecule has 0 amide bonds. The summed E-state index contributed by atoms with van der Waals surface area (Å²) < 4.78 is 26.9. The predicted octanol–water partition coefficient (Wildman–Crippen LogP) is 3.00. The molecule has 4 heteroatoms. The second-order valence-corrected chi connectivity index (χ2v) is 4.49. The topological polar surface area (TPSA) is 26.0 Å². The Bertz CT molecular complexity index is 383. The van der Waals surface area contributed by atoms with Crippen LogP contribution in [0.1, 0.15) is 24.8 Å². The number of hydrogen-bond donors (Lipinski definition) is 1. The lowest BCUT2D eigenvalue weighted by molar-refractivity contribution is 0.244. The summed E-state index contributed by atoms with van der Waals surface area (Å²) >= 11 is 5.61. The number of nitrogens with two attached hydrogens (primary N) is 1. The minimum absolute atomic E-state index is 0.162. The van der Waals surface area contributed by atoms with E-state index in [0.29, 0.717) is 12.1 Å². The maximum atomic E-state index is 13.7. The Morgan fingerprint density at radius 1 is 1.33 bits per heavy atom. The summed E-state index contributed by atoms with van der Waals surface area (Å²) in [6.07, 6.45) is 2.62. The molecule has 0 bridgehead atoms. The Labute approximate surface area is 92.2 Å². The summed E-state index contributed by atoms with van der Waals surface area (Å²) in [5.74, 6) is -1.03. The molecule has 0 atom stereocenters. The number of rotatable bonds is 2. The summed E-state index contributed by atoms with van der Waals surface area (Å²) in [5.41, 5.74) is 5.58. The van der Waals surface area contributed by atoms with Crippen molar-refractivity contribution in [3.05, 3.63) is 34.4 Å². The largest absolute Gasteiger partial charge is 0.330 e. The van der Waals surface area contributed by atoms with E-state index in [1.54, 1.807) is 0 Å². The van der Waals surface area contributed by atoms with Crippen LogP contribution in [-0.2, 0) is 5.41 Å². The molecule has 0 saturated heterocycles. The zero-order valence-electron chi connectivity index (χ0n) is 8.19. The molecule has 1 aromatic rings. The molecule has 1 saturated carbocycles. The van der Waals surface area contributed by atoms with Gasteiger partial charge in [0.05, 0.1) is 5.02 Å². The molecule has 0 spiro atoms. The summed E-state index contributed by atoms with van der Waals surface area (Å²) in [7, 11) is 0. The average molecular weight is 232 g/mol. The first-order valence-electron chi connectivity index (χ1n) is 4.94. The molecule has 1 aliphatic rings. The molecule has 0 heterocycles. The van der Waals surface area contributed by atoms with Crippen LogP contribution in [-0.4, -0.2) is 6.54 Å². The van der Waals surface area contributed by atoms with Crippen molar-refractivity contribution in [3.8, 4) is 0 Å². The maximum Gasteiger partial charge on any atom is 0.145 e. The first kappa shape index (κ1) is 10.8. The summed E-state index contributed by atoms with van der Waals surface area (Å²) in [6, 6.07) is 2.20. The van der Waals surface area contributed by atoms with Crippen molar-refractivity contribution in [1.29, 1.82) is 0 Å². The van der Waals surface area contributed by atoms with Crippen LogP contribution in [0.15, 0.2) is 12.1 Å². The van der Waals surface area contributed by atoms with E-state index in [-0.39, 0.29) is 5.02 Å². The van der Waals surface area contributed by atoms with Crippen LogP contribution in [0.4, 0.5) is 8.78 Å². The van der Waals surface area contributed by atoms with Gasteiger partial charge in [-0.2, -0.15) is 0 Å². The smallest absolute Gasteiger partial charge is 0.145 e. The molecule has 1 aromatic carbocycles. The molecule has 15 heavy (non-hydrogen) atoms. The lowest BCUT2D eigenvalue weighted by Crippen LogP contribution is -2.42. The fraction of sp³-hybridized carbons (Fsp3) is 0.455. The van der Waals surface area contributed by atoms with Gasteiger partial charge >= 0.3 is 0 Å². The molecule has 1 aliphatic carbocycles. The summed E-state index contributed by atoms with van der Waals surface area (Å²) in [6.45, 7) is 0.337. The van der Waals surface area contributed by atoms with E-state index in [9.17, 15) is 8.78 Å². The average Bonchev–Trinajstić information content (AvgIpc) is 2.12. The van der Waals surface area contributed by atoms with E-state index in [2.05, 4.69) is 0 Å². The van der Waals surface area contributed by atoms with Gasteiger partial charge in [0.2, 0.25) is 0 Å². The van der Waals surface area contributed by atoms with E-state index in [4.69, 9.17) is 17.3 Å². The van der Waals surface area contributed by atoms with Crippen LogP contribution in [0.5, 0.6) is 0 Å². The lowest BCUT2D eigenvalue weighted by Gasteiger charge is -2.41. The zero-order chi connectivity index (χ0) is 11.1. The number of halogens is 3. The van der Waals surface area contributed by atoms with Gasteiger partial charge in [0.1, 0.15) is 11.6 Å². The molecule has 0 radical (unpaired) electrons. The number of hydrogen-bond acceptors (Lipinski definition) is 1. The monoisotopic (exact) mass is 231 g/mol. The van der Waals surface area contributed by atoms with Crippen molar-refractivity contribution >= 4 is 11.6 Å². The molecule has 0 unspecified atom stereocenters. The Morgan fingerprint density at radius 3 is 2.47 bits per heavy atom. The molecular weight excluding hydrogens is 220 g/mol. The van der Waals surface area contributed by atoms with Crippen LogP contribution in [0.25, 0.3) is 0 Å². The van der Waals surface area contributed by atoms with Gasteiger partial charge in [-0.3, -0.25) is 0 Å². The van der Waals surface area contributed by atoms with Gasteiger partial charge in [0.25, 0.3) is 0 Å². The third kappa shape index (κ3) is 1.64. The first-order valence-corrected chi connectivity index (χ1v) is 5.32. The van der Waals surface area contributed by atoms with E-state index in [1.807, 2.05) is 0 Å². The van der Waals surface area contributed by atoms with Crippen molar-refractivity contribution in [2.75, 3.05) is 6.54 Å². The normalized spacial score (nSPS) is 18.7. The third-order valence-electron chi connectivity index (χ3n) is 3.27. The van der Waals surface area contributed by atoms with Crippen LogP contribution in [0.3, 0.4) is 0 Å². The van der Waals surface area contributed by atoms with Gasteiger partial charge in [-0.15, -0.1) is 0 Å². The maximum absolute atomic E-state index is 13.7. The fourth-order valence-electron chi connectivity index (χ4n) is 2.13. The summed E-state index contributed by atoms with van der Waals surface area (Å²) in [4.78, 5) is 0. The van der Waals surface area contributed by atoms with Crippen LogP contribution >= 0.6 is 11.6 Å². The molecule has 0 aromatic heterocycles. The highest BCUT2D eigenvalue weighted by atomic mass is 35.5. The molecule has 1 nitrogen and oxygen atoms in total. The van der Waals surface area contributed by atoms with Gasteiger partial charge in [-0.1, -0.05) is 18.0 Å². The van der Waals surface area contributed by atoms with E-state index in [1.165, 1.54) is 6.07 Å². The van der Waals surface area contributed by atoms with Gasteiger partial charge in [0.15, 0.2) is 0 Å². The minimum Gasteiger partial charge on any atom is -0.330 e. The van der Waals surface area contributed by atoms with E-state index in [0.717, 1.165) is 25.3 Å². The Hall–Kier alpha value is -0.670. The van der Waals surface area contributed by atoms with Crippen LogP contribution in [0, 0.1) is 11.6 Å². The van der Waals surface area contributed by atoms with Crippen molar-refractivity contribution in [2.45, 2.75) is 24.7 Å². The minimum atomic E-state index is -0.525. The molecule has 0 aliphatic heterocycles. The second kappa shape index (κ2) is 3.72. The van der Waals surface area contributed by atoms with Gasteiger partial charge in [-0.25, -0.2) is 8.78 Å². The van der Waals surface area contributed by atoms with Crippen LogP contribution in [0.2, 0.25) is 5.02 Å². The Balaban J connectivity index is 2.51. The van der Waals surface area contributed by atoms with Gasteiger partial charge < -0.3 is 5.73 Å². The SMILES string of the molecule is NCC1(c2cc(F)cc(Cl)c2F)CCC1. The van der Waals surface area contributed by atoms with Crippen molar-refractivity contribution in [2.24, 2.45) is 5.73 Å². The molecule has 2 N–H and O–H groups in total. The zero-order valence-corrected chi connectivity index (χ0v) is 8.95. The Kier molecular flexibility index (Phi) is 2.69. The Morgan fingerprint density at radius 2 is 2.00 bits per heavy atom. The van der Waals surface area contributed by atoms with Crippen LogP contribution < -0.4 is 5.73 Å². The van der Waals surface area contributed by atoms with E-state index < -0.39 is 17.0 Å². The van der Waals surface area contributed by atoms with Gasteiger partial charge in [-0.05, 0) is 30.5 Å². The summed E-state index contributed by atoms with van der Waals surface area (Å²) in [5, 5.41) is -0.162. The standard InChI is InChI=1S/C11H12ClF2N/c12-9-5-7(13)4-8(10(9)14)11(6-15)2-1-3-11/h4-5H,1-3,6,15H2. The quantitative estimate of drug-likeness (QED) is 0.778. The van der Waals surface area contributed by atoms with Gasteiger partial charge in [0, 0.05) is 12.0 Å². The highest BCUT2D eigenvalue weighted by Crippen LogP contribution is 2.45. The highest BCUT2D eigenvalue weighted by molar-refractivity contribution is 6.30. The fourth-order valence-corrected chi connectivity index (χ4v) is 2.33. The third-order valence-corrected chi connectivity index (χ3v) is 3.54. The number of benzene rings is 1. The van der Waals surface area contributed by atoms with Crippen molar-refractivity contribution < 1.29 is 8.78 Å². The first-order chi connectivity index (χ1) is 7.09. The predicted molar refractivity (Wildman–Crippen MR) is 56.0 cm³/mol. The second-order valence-electron chi connectivity index (χ2n) is 4.09. The lowest BCUT2D eigenvalue weighted by atomic mass is 9.64. The molecule has 1 fully saturated rings. The molecule has 2 rings (SSSR count).